The van der Waals surface area contributed by atoms with E-state index in [1.807, 2.05) is 12.1 Å². The van der Waals surface area contributed by atoms with Crippen LogP contribution in [0.15, 0.2) is 18.2 Å². The van der Waals surface area contributed by atoms with Gasteiger partial charge in [-0.05, 0) is 36.6 Å². The fourth-order valence-electron chi connectivity index (χ4n) is 2.11. The smallest absolute Gasteiger partial charge is 0.0488 e. The molecule has 2 nitrogen and oxygen atoms in total. The topological polar surface area (TPSA) is 21.3 Å². The molecule has 2 atom stereocenters. The van der Waals surface area contributed by atoms with Gasteiger partial charge in [0.1, 0.15) is 0 Å². The van der Waals surface area contributed by atoms with Crippen LogP contribution in [0.4, 0.5) is 0 Å². The van der Waals surface area contributed by atoms with E-state index in [4.69, 9.17) is 27.9 Å². The van der Waals surface area contributed by atoms with Gasteiger partial charge in [-0.3, -0.25) is 0 Å². The predicted molar refractivity (Wildman–Crippen MR) is 78.5 cm³/mol. The van der Waals surface area contributed by atoms with Crippen molar-refractivity contribution >= 4 is 23.2 Å². The van der Waals surface area contributed by atoms with Crippen LogP contribution in [0, 0.1) is 5.92 Å². The van der Waals surface area contributed by atoms with Crippen molar-refractivity contribution in [2.45, 2.75) is 26.3 Å². The van der Waals surface area contributed by atoms with Gasteiger partial charge in [-0.25, -0.2) is 0 Å². The van der Waals surface area contributed by atoms with E-state index < -0.39 is 0 Å². The summed E-state index contributed by atoms with van der Waals surface area (Å²) in [4.78, 5) is 0. The minimum Gasteiger partial charge on any atom is -0.384 e. The van der Waals surface area contributed by atoms with Gasteiger partial charge in [0.05, 0.1) is 0 Å². The second-order valence-electron chi connectivity index (χ2n) is 4.57. The lowest BCUT2D eigenvalue weighted by Gasteiger charge is -2.23. The SMILES string of the molecule is CCNC(CC(C)COC)c1ccc(Cl)cc1Cl. The fraction of sp³-hybridized carbons (Fsp3) is 0.571. The highest BCUT2D eigenvalue weighted by Crippen LogP contribution is 2.30. The zero-order chi connectivity index (χ0) is 13.5. The Balaban J connectivity index is 2.82. The lowest BCUT2D eigenvalue weighted by molar-refractivity contribution is 0.149. The molecule has 2 unspecified atom stereocenters. The summed E-state index contributed by atoms with van der Waals surface area (Å²) in [5.41, 5.74) is 1.10. The number of nitrogens with one attached hydrogen (secondary N) is 1. The van der Waals surface area contributed by atoms with E-state index in [1.54, 1.807) is 13.2 Å². The van der Waals surface area contributed by atoms with Crippen molar-refractivity contribution in [2.24, 2.45) is 5.92 Å². The monoisotopic (exact) mass is 289 g/mol. The Labute approximate surface area is 120 Å². The number of hydrogen-bond acceptors (Lipinski definition) is 2. The second kappa shape index (κ2) is 8.00. The molecule has 0 heterocycles. The van der Waals surface area contributed by atoms with Crippen molar-refractivity contribution in [1.29, 1.82) is 0 Å². The van der Waals surface area contributed by atoms with Crippen LogP contribution in [-0.4, -0.2) is 20.3 Å². The van der Waals surface area contributed by atoms with Crippen LogP contribution in [-0.2, 0) is 4.74 Å². The zero-order valence-corrected chi connectivity index (χ0v) is 12.7. The van der Waals surface area contributed by atoms with Crippen LogP contribution in [0.25, 0.3) is 0 Å². The summed E-state index contributed by atoms with van der Waals surface area (Å²) in [5, 5.41) is 4.86. The van der Waals surface area contributed by atoms with E-state index in [0.717, 1.165) is 30.2 Å². The largest absolute Gasteiger partial charge is 0.384 e. The highest BCUT2D eigenvalue weighted by molar-refractivity contribution is 6.35. The van der Waals surface area contributed by atoms with Gasteiger partial charge >= 0.3 is 0 Å². The van der Waals surface area contributed by atoms with Crippen molar-refractivity contribution < 1.29 is 4.74 Å². The van der Waals surface area contributed by atoms with Crippen molar-refractivity contribution in [3.05, 3.63) is 33.8 Å². The number of hydrogen-bond donors (Lipinski definition) is 1. The molecule has 0 fully saturated rings. The fourth-order valence-corrected chi connectivity index (χ4v) is 2.65. The van der Waals surface area contributed by atoms with Crippen molar-refractivity contribution in [2.75, 3.05) is 20.3 Å². The van der Waals surface area contributed by atoms with Gasteiger partial charge in [-0.1, -0.05) is 43.1 Å². The third-order valence-corrected chi connectivity index (χ3v) is 3.44. The first-order valence-electron chi connectivity index (χ1n) is 6.25. The van der Waals surface area contributed by atoms with Gasteiger partial charge in [-0.15, -0.1) is 0 Å². The molecular weight excluding hydrogens is 269 g/mol. The highest BCUT2D eigenvalue weighted by atomic mass is 35.5. The normalized spacial score (nSPS) is 14.5. The molecule has 1 rings (SSSR count). The van der Waals surface area contributed by atoms with Gasteiger partial charge in [0.15, 0.2) is 0 Å². The van der Waals surface area contributed by atoms with E-state index in [2.05, 4.69) is 19.2 Å². The van der Waals surface area contributed by atoms with Crippen molar-refractivity contribution in [1.82, 2.24) is 5.32 Å². The van der Waals surface area contributed by atoms with Gasteiger partial charge in [-0.2, -0.15) is 0 Å². The Morgan fingerprint density at radius 2 is 2.06 bits per heavy atom. The van der Waals surface area contributed by atoms with Gasteiger partial charge in [0, 0.05) is 29.8 Å². The minimum absolute atomic E-state index is 0.241. The van der Waals surface area contributed by atoms with E-state index in [-0.39, 0.29) is 6.04 Å². The molecule has 0 aliphatic rings. The van der Waals surface area contributed by atoms with Crippen molar-refractivity contribution in [3.63, 3.8) is 0 Å². The van der Waals surface area contributed by atoms with Gasteiger partial charge in [0.2, 0.25) is 0 Å². The maximum absolute atomic E-state index is 6.26. The van der Waals surface area contributed by atoms with E-state index in [0.29, 0.717) is 10.9 Å². The van der Waals surface area contributed by atoms with Crippen LogP contribution < -0.4 is 5.32 Å². The standard InChI is InChI=1S/C14H21Cl2NO/c1-4-17-14(7-10(2)9-18-3)12-6-5-11(15)8-13(12)16/h5-6,8,10,14,17H,4,7,9H2,1-3H3. The molecule has 4 heteroatoms. The Bertz CT molecular complexity index is 371. The molecule has 0 amide bonds. The summed E-state index contributed by atoms with van der Waals surface area (Å²) in [6.07, 6.45) is 0.989. The zero-order valence-electron chi connectivity index (χ0n) is 11.2. The Morgan fingerprint density at radius 3 is 2.61 bits per heavy atom. The third-order valence-electron chi connectivity index (χ3n) is 2.88. The molecule has 1 aromatic rings. The van der Waals surface area contributed by atoms with Crippen LogP contribution in [0.5, 0.6) is 0 Å². The maximum Gasteiger partial charge on any atom is 0.0488 e. The van der Waals surface area contributed by atoms with Crippen LogP contribution in [0.1, 0.15) is 31.9 Å². The molecule has 1 aromatic carbocycles. The summed E-state index contributed by atoms with van der Waals surface area (Å²) in [6, 6.07) is 5.92. The van der Waals surface area contributed by atoms with Crippen LogP contribution in [0.3, 0.4) is 0 Å². The Morgan fingerprint density at radius 1 is 1.33 bits per heavy atom. The van der Waals surface area contributed by atoms with Gasteiger partial charge in [0.25, 0.3) is 0 Å². The van der Waals surface area contributed by atoms with E-state index in [1.165, 1.54) is 0 Å². The summed E-state index contributed by atoms with van der Waals surface area (Å²) < 4.78 is 5.19. The number of rotatable bonds is 7. The van der Waals surface area contributed by atoms with Crippen LogP contribution >= 0.6 is 23.2 Å². The molecule has 0 bridgehead atoms. The number of ether oxygens (including phenoxy) is 1. The van der Waals surface area contributed by atoms with Crippen LogP contribution in [0.2, 0.25) is 10.0 Å². The summed E-state index contributed by atoms with van der Waals surface area (Å²) >= 11 is 12.2. The highest BCUT2D eigenvalue weighted by Gasteiger charge is 2.17. The molecule has 0 radical (unpaired) electrons. The van der Waals surface area contributed by atoms with E-state index in [9.17, 15) is 0 Å². The molecular formula is C14H21Cl2NO. The molecule has 0 aliphatic carbocycles. The lowest BCUT2D eigenvalue weighted by atomic mass is 9.96. The first-order chi connectivity index (χ1) is 8.58. The first-order valence-corrected chi connectivity index (χ1v) is 7.01. The van der Waals surface area contributed by atoms with Gasteiger partial charge < -0.3 is 10.1 Å². The molecule has 102 valence electrons. The number of methoxy groups -OCH3 is 1. The Kier molecular flexibility index (Phi) is 7.02. The maximum atomic E-state index is 6.26. The lowest BCUT2D eigenvalue weighted by Crippen LogP contribution is -2.24. The molecule has 0 aliphatic heterocycles. The third kappa shape index (κ3) is 4.77. The Hall–Kier alpha value is -0.280. The van der Waals surface area contributed by atoms with E-state index >= 15 is 0 Å². The number of halogens is 2. The minimum atomic E-state index is 0.241. The average Bonchev–Trinajstić information content (AvgIpc) is 2.29. The molecule has 0 saturated heterocycles. The average molecular weight is 290 g/mol. The molecule has 1 N–H and O–H groups in total. The summed E-state index contributed by atoms with van der Waals surface area (Å²) in [7, 11) is 1.73. The first kappa shape index (κ1) is 15.8. The molecule has 0 spiro atoms. The summed E-state index contributed by atoms with van der Waals surface area (Å²) in [5.74, 6) is 0.478. The summed E-state index contributed by atoms with van der Waals surface area (Å²) in [6.45, 7) is 5.94. The molecule has 18 heavy (non-hydrogen) atoms. The quantitative estimate of drug-likeness (QED) is 0.807. The predicted octanol–water partition coefficient (Wildman–Crippen LogP) is 4.32. The molecule has 0 saturated carbocycles. The second-order valence-corrected chi connectivity index (χ2v) is 5.42. The molecule has 0 aromatic heterocycles. The number of benzene rings is 1. The van der Waals surface area contributed by atoms with Crippen molar-refractivity contribution in [3.8, 4) is 0 Å².